The quantitative estimate of drug-likeness (QED) is 0.605. The SMILES string of the molecule is COCC(C)N(C)c1ccc(C(=N)N)cc1F. The van der Waals surface area contributed by atoms with Gasteiger partial charge in [0, 0.05) is 25.8 Å². The zero-order valence-electron chi connectivity index (χ0n) is 10.3. The van der Waals surface area contributed by atoms with Crippen molar-refractivity contribution in [2.24, 2.45) is 5.73 Å². The van der Waals surface area contributed by atoms with E-state index in [1.807, 2.05) is 6.92 Å². The number of ether oxygens (including phenoxy) is 1. The molecule has 4 nitrogen and oxygen atoms in total. The van der Waals surface area contributed by atoms with Gasteiger partial charge in [0.25, 0.3) is 0 Å². The van der Waals surface area contributed by atoms with Crippen molar-refractivity contribution < 1.29 is 9.13 Å². The maximum atomic E-state index is 13.8. The first-order valence-electron chi connectivity index (χ1n) is 5.33. The van der Waals surface area contributed by atoms with E-state index < -0.39 is 0 Å². The van der Waals surface area contributed by atoms with E-state index in [0.717, 1.165) is 0 Å². The molecule has 5 heteroatoms. The Kier molecular flexibility index (Phi) is 4.45. The Morgan fingerprint density at radius 3 is 2.71 bits per heavy atom. The van der Waals surface area contributed by atoms with Gasteiger partial charge in [-0.2, -0.15) is 0 Å². The van der Waals surface area contributed by atoms with Crippen LogP contribution in [0.15, 0.2) is 18.2 Å². The predicted molar refractivity (Wildman–Crippen MR) is 67.2 cm³/mol. The number of methoxy groups -OCH3 is 1. The molecule has 0 saturated heterocycles. The van der Waals surface area contributed by atoms with Crippen molar-refractivity contribution in [3.8, 4) is 0 Å². The van der Waals surface area contributed by atoms with Crippen molar-refractivity contribution in [2.45, 2.75) is 13.0 Å². The smallest absolute Gasteiger partial charge is 0.147 e. The molecular formula is C12H18FN3O. The number of likely N-dealkylation sites (N-methyl/N-ethyl adjacent to an activating group) is 1. The molecule has 0 aliphatic rings. The number of hydrogen-bond donors (Lipinski definition) is 2. The first-order chi connectivity index (χ1) is 7.97. The molecular weight excluding hydrogens is 221 g/mol. The lowest BCUT2D eigenvalue weighted by atomic mass is 10.1. The Morgan fingerprint density at radius 1 is 1.59 bits per heavy atom. The van der Waals surface area contributed by atoms with Crippen LogP contribution in [0, 0.1) is 11.2 Å². The number of rotatable bonds is 5. The lowest BCUT2D eigenvalue weighted by Gasteiger charge is -2.26. The third-order valence-electron chi connectivity index (χ3n) is 2.71. The van der Waals surface area contributed by atoms with E-state index in [0.29, 0.717) is 17.9 Å². The lowest BCUT2D eigenvalue weighted by molar-refractivity contribution is 0.183. The van der Waals surface area contributed by atoms with Gasteiger partial charge in [-0.05, 0) is 25.1 Å². The van der Waals surface area contributed by atoms with Crippen LogP contribution in [0.3, 0.4) is 0 Å². The number of hydrogen-bond acceptors (Lipinski definition) is 3. The lowest BCUT2D eigenvalue weighted by Crippen LogP contribution is -2.33. The van der Waals surface area contributed by atoms with Gasteiger partial charge in [-0.1, -0.05) is 0 Å². The molecule has 17 heavy (non-hydrogen) atoms. The minimum atomic E-state index is -0.386. The van der Waals surface area contributed by atoms with Crippen molar-refractivity contribution in [1.29, 1.82) is 5.41 Å². The molecule has 0 aliphatic carbocycles. The summed E-state index contributed by atoms with van der Waals surface area (Å²) in [6, 6.07) is 4.60. The summed E-state index contributed by atoms with van der Waals surface area (Å²) in [6.45, 7) is 2.46. The van der Waals surface area contributed by atoms with Gasteiger partial charge in [0.2, 0.25) is 0 Å². The summed E-state index contributed by atoms with van der Waals surface area (Å²) in [6.07, 6.45) is 0. The molecule has 0 heterocycles. The minimum absolute atomic E-state index is 0.0673. The number of nitrogens with two attached hydrogens (primary N) is 1. The van der Waals surface area contributed by atoms with Crippen LogP contribution in [0.25, 0.3) is 0 Å². The predicted octanol–water partition coefficient (Wildman–Crippen LogP) is 1.58. The fourth-order valence-electron chi connectivity index (χ4n) is 1.55. The van der Waals surface area contributed by atoms with Crippen molar-refractivity contribution >= 4 is 11.5 Å². The summed E-state index contributed by atoms with van der Waals surface area (Å²) in [5.41, 5.74) is 6.16. The molecule has 1 aromatic carbocycles. The Balaban J connectivity index is 2.95. The van der Waals surface area contributed by atoms with Crippen LogP contribution in [0.4, 0.5) is 10.1 Å². The molecule has 94 valence electrons. The van der Waals surface area contributed by atoms with E-state index in [-0.39, 0.29) is 17.7 Å². The number of nitrogen functional groups attached to an aromatic ring is 1. The molecule has 0 fully saturated rings. The standard InChI is InChI=1S/C12H18FN3O/c1-8(7-17-3)16(2)11-5-4-9(12(14)15)6-10(11)13/h4-6,8H,7H2,1-3H3,(H3,14,15). The van der Waals surface area contributed by atoms with Crippen LogP contribution in [0.5, 0.6) is 0 Å². The molecule has 0 saturated carbocycles. The Morgan fingerprint density at radius 2 is 2.24 bits per heavy atom. The molecule has 0 aromatic heterocycles. The van der Waals surface area contributed by atoms with E-state index in [1.165, 1.54) is 6.07 Å². The fourth-order valence-corrected chi connectivity index (χ4v) is 1.55. The molecule has 0 bridgehead atoms. The summed E-state index contributed by atoms with van der Waals surface area (Å²) >= 11 is 0. The van der Waals surface area contributed by atoms with E-state index in [2.05, 4.69) is 0 Å². The molecule has 0 spiro atoms. The molecule has 0 aliphatic heterocycles. The summed E-state index contributed by atoms with van der Waals surface area (Å²) in [5.74, 6) is -0.522. The molecule has 0 amide bonds. The third kappa shape index (κ3) is 3.17. The van der Waals surface area contributed by atoms with Crippen molar-refractivity contribution in [3.63, 3.8) is 0 Å². The molecule has 3 N–H and O–H groups in total. The van der Waals surface area contributed by atoms with E-state index >= 15 is 0 Å². The van der Waals surface area contributed by atoms with Gasteiger partial charge < -0.3 is 15.4 Å². The number of halogens is 1. The number of benzene rings is 1. The molecule has 1 rings (SSSR count). The Hall–Kier alpha value is -1.62. The first kappa shape index (κ1) is 13.4. The summed E-state index contributed by atoms with van der Waals surface area (Å²) < 4.78 is 18.9. The second-order valence-corrected chi connectivity index (χ2v) is 4.00. The van der Waals surface area contributed by atoms with E-state index in [9.17, 15) is 4.39 Å². The van der Waals surface area contributed by atoms with Gasteiger partial charge in [0.15, 0.2) is 0 Å². The van der Waals surface area contributed by atoms with Gasteiger partial charge in [-0.15, -0.1) is 0 Å². The average molecular weight is 239 g/mol. The molecule has 0 radical (unpaired) electrons. The van der Waals surface area contributed by atoms with Crippen LogP contribution < -0.4 is 10.6 Å². The highest BCUT2D eigenvalue weighted by atomic mass is 19.1. The zero-order valence-corrected chi connectivity index (χ0v) is 10.3. The monoisotopic (exact) mass is 239 g/mol. The van der Waals surface area contributed by atoms with Gasteiger partial charge in [-0.25, -0.2) is 4.39 Å². The zero-order chi connectivity index (χ0) is 13.0. The second kappa shape index (κ2) is 5.63. The number of anilines is 1. The molecule has 1 unspecified atom stereocenters. The normalized spacial score (nSPS) is 12.2. The van der Waals surface area contributed by atoms with E-state index in [1.54, 1.807) is 31.2 Å². The Bertz CT molecular complexity index is 409. The maximum absolute atomic E-state index is 13.8. The van der Waals surface area contributed by atoms with Crippen molar-refractivity contribution in [3.05, 3.63) is 29.6 Å². The topological polar surface area (TPSA) is 62.3 Å². The first-order valence-corrected chi connectivity index (χ1v) is 5.33. The van der Waals surface area contributed by atoms with Gasteiger partial charge in [0.05, 0.1) is 12.3 Å². The number of nitrogens with one attached hydrogen (secondary N) is 1. The Labute approximate surface area is 101 Å². The summed E-state index contributed by atoms with van der Waals surface area (Å²) in [5, 5.41) is 7.24. The average Bonchev–Trinajstić information content (AvgIpc) is 2.28. The number of amidine groups is 1. The van der Waals surface area contributed by atoms with Crippen molar-refractivity contribution in [1.82, 2.24) is 0 Å². The largest absolute Gasteiger partial charge is 0.384 e. The van der Waals surface area contributed by atoms with Crippen LogP contribution in [0.2, 0.25) is 0 Å². The third-order valence-corrected chi connectivity index (χ3v) is 2.71. The molecule has 1 aromatic rings. The maximum Gasteiger partial charge on any atom is 0.147 e. The van der Waals surface area contributed by atoms with Crippen LogP contribution in [0.1, 0.15) is 12.5 Å². The highest BCUT2D eigenvalue weighted by Gasteiger charge is 2.14. The van der Waals surface area contributed by atoms with Crippen LogP contribution in [-0.4, -0.2) is 32.6 Å². The summed E-state index contributed by atoms with van der Waals surface area (Å²) in [4.78, 5) is 1.79. The highest BCUT2D eigenvalue weighted by Crippen LogP contribution is 2.21. The fraction of sp³-hybridized carbons (Fsp3) is 0.417. The van der Waals surface area contributed by atoms with Gasteiger partial charge >= 0.3 is 0 Å². The highest BCUT2D eigenvalue weighted by molar-refractivity contribution is 5.95. The van der Waals surface area contributed by atoms with Crippen LogP contribution >= 0.6 is 0 Å². The van der Waals surface area contributed by atoms with Crippen molar-refractivity contribution in [2.75, 3.05) is 25.7 Å². The number of nitrogens with zero attached hydrogens (tertiary/aromatic N) is 1. The second-order valence-electron chi connectivity index (χ2n) is 4.00. The van der Waals surface area contributed by atoms with Crippen LogP contribution in [-0.2, 0) is 4.74 Å². The van der Waals surface area contributed by atoms with Gasteiger partial charge in [0.1, 0.15) is 11.7 Å². The summed E-state index contributed by atoms with van der Waals surface area (Å²) in [7, 11) is 3.41. The van der Waals surface area contributed by atoms with E-state index in [4.69, 9.17) is 15.9 Å². The molecule has 1 atom stereocenters. The van der Waals surface area contributed by atoms with Gasteiger partial charge in [-0.3, -0.25) is 5.41 Å². The minimum Gasteiger partial charge on any atom is -0.384 e.